The number of carboxylic acids is 1. The van der Waals surface area contributed by atoms with E-state index in [1.165, 1.54) is 11.0 Å². The second-order valence-electron chi connectivity index (χ2n) is 7.21. The molecule has 0 unspecified atom stereocenters. The number of allylic oxidation sites excluding steroid dienone is 5. The fourth-order valence-corrected chi connectivity index (χ4v) is 2.52. The molecule has 1 saturated heterocycles. The third-order valence-electron chi connectivity index (χ3n) is 3.80. The fourth-order valence-electron chi connectivity index (χ4n) is 2.52. The highest BCUT2D eigenvalue weighted by molar-refractivity contribution is 5.89. The molecule has 0 saturated carbocycles. The molecule has 1 fully saturated rings. The Hall–Kier alpha value is -2.41. The minimum absolute atomic E-state index is 0.0591. The Kier molecular flexibility index (Phi) is 8.25. The smallest absolute Gasteiger partial charge is 0.326 e. The van der Waals surface area contributed by atoms with Gasteiger partial charge in [0, 0.05) is 30.6 Å². The quantitative estimate of drug-likeness (QED) is 0.467. The summed E-state index contributed by atoms with van der Waals surface area (Å²) in [5, 5.41) is 15.2. The number of carboxylic acid groups (broad SMARTS) is 1. The Bertz CT molecular complexity index is 602. The first kappa shape index (κ1) is 21.6. The normalized spacial score (nSPS) is 21.2. The molecular weight excluding hydrogens is 334 g/mol. The molecule has 1 aliphatic rings. The Morgan fingerprint density at radius 1 is 1.15 bits per heavy atom. The van der Waals surface area contributed by atoms with Gasteiger partial charge in [0.25, 0.3) is 0 Å². The lowest BCUT2D eigenvalue weighted by Gasteiger charge is -2.25. The van der Waals surface area contributed by atoms with Crippen molar-refractivity contribution in [2.45, 2.75) is 51.7 Å². The number of hydrogen-bond acceptors (Lipinski definition) is 4. The van der Waals surface area contributed by atoms with Gasteiger partial charge in [-0.3, -0.25) is 9.59 Å². The van der Waals surface area contributed by atoms with Crippen LogP contribution in [-0.4, -0.2) is 58.5 Å². The number of nitrogens with zero attached hydrogens (tertiary/aromatic N) is 1. The molecule has 26 heavy (non-hydrogen) atoms. The van der Waals surface area contributed by atoms with Crippen LogP contribution in [0.15, 0.2) is 36.5 Å². The van der Waals surface area contributed by atoms with Gasteiger partial charge in [0.15, 0.2) is 0 Å². The van der Waals surface area contributed by atoms with Gasteiger partial charge in [-0.15, -0.1) is 0 Å². The molecule has 0 spiro atoms. The number of rotatable bonds is 7. The van der Waals surface area contributed by atoms with E-state index >= 15 is 0 Å². The minimum Gasteiger partial charge on any atom is -0.480 e. The molecule has 0 radical (unpaired) electrons. The van der Waals surface area contributed by atoms with Crippen LogP contribution in [0.5, 0.6) is 0 Å². The van der Waals surface area contributed by atoms with Crippen LogP contribution in [0.1, 0.15) is 34.1 Å². The predicted molar refractivity (Wildman–Crippen MR) is 101 cm³/mol. The highest BCUT2D eigenvalue weighted by atomic mass is 16.4. The lowest BCUT2D eigenvalue weighted by atomic mass is 10.1. The van der Waals surface area contributed by atoms with E-state index in [1.807, 2.05) is 39.8 Å². The van der Waals surface area contributed by atoms with E-state index in [2.05, 4.69) is 10.6 Å². The van der Waals surface area contributed by atoms with Gasteiger partial charge in [-0.25, -0.2) is 4.79 Å². The second kappa shape index (κ2) is 9.91. The van der Waals surface area contributed by atoms with Gasteiger partial charge in [0.2, 0.25) is 11.8 Å². The first-order valence-electron chi connectivity index (χ1n) is 8.68. The van der Waals surface area contributed by atoms with Crippen LogP contribution in [0.25, 0.3) is 0 Å². The van der Waals surface area contributed by atoms with E-state index in [0.717, 1.165) is 0 Å². The van der Waals surface area contributed by atoms with Crippen LogP contribution in [0, 0.1) is 0 Å². The molecule has 1 rings (SSSR count). The van der Waals surface area contributed by atoms with Crippen molar-refractivity contribution in [1.82, 2.24) is 15.5 Å². The van der Waals surface area contributed by atoms with E-state index in [4.69, 9.17) is 0 Å². The SMILES string of the molecule is C\C=C/C=C\C=C\C(=O)N[C@@H]1C[C@@H](C(=O)O)N(C(=O)CNC(C)(C)C)C1. The molecule has 7 heteroatoms. The molecule has 1 aliphatic heterocycles. The van der Waals surface area contributed by atoms with Crippen molar-refractivity contribution in [3.05, 3.63) is 36.5 Å². The summed E-state index contributed by atoms with van der Waals surface area (Å²) in [6.45, 7) is 7.93. The molecule has 0 bridgehead atoms. The summed E-state index contributed by atoms with van der Waals surface area (Å²) in [5.74, 6) is -1.66. The maximum Gasteiger partial charge on any atom is 0.326 e. The lowest BCUT2D eigenvalue weighted by Crippen LogP contribution is -2.48. The average Bonchev–Trinajstić information content (AvgIpc) is 2.96. The van der Waals surface area contributed by atoms with E-state index < -0.39 is 12.0 Å². The highest BCUT2D eigenvalue weighted by Gasteiger charge is 2.39. The summed E-state index contributed by atoms with van der Waals surface area (Å²) < 4.78 is 0. The molecule has 0 aliphatic carbocycles. The summed E-state index contributed by atoms with van der Waals surface area (Å²) in [6, 6.07) is -1.31. The van der Waals surface area contributed by atoms with Crippen LogP contribution in [0.2, 0.25) is 0 Å². The third kappa shape index (κ3) is 7.65. The largest absolute Gasteiger partial charge is 0.480 e. The molecular formula is C19H29N3O4. The van der Waals surface area contributed by atoms with Gasteiger partial charge in [0.05, 0.1) is 6.54 Å². The summed E-state index contributed by atoms with van der Waals surface area (Å²) in [7, 11) is 0. The molecule has 144 valence electrons. The Labute approximate surface area is 154 Å². The Morgan fingerprint density at radius 2 is 1.81 bits per heavy atom. The third-order valence-corrected chi connectivity index (χ3v) is 3.80. The lowest BCUT2D eigenvalue weighted by molar-refractivity contribution is -0.147. The van der Waals surface area contributed by atoms with Gasteiger partial charge in [-0.05, 0) is 27.7 Å². The van der Waals surface area contributed by atoms with Crippen molar-refractivity contribution >= 4 is 17.8 Å². The summed E-state index contributed by atoms with van der Waals surface area (Å²) >= 11 is 0. The highest BCUT2D eigenvalue weighted by Crippen LogP contribution is 2.18. The molecule has 2 atom stereocenters. The maximum atomic E-state index is 12.4. The number of likely N-dealkylation sites (tertiary alicyclic amines) is 1. The Balaban J connectivity index is 2.64. The summed E-state index contributed by atoms with van der Waals surface area (Å²) in [4.78, 5) is 37.1. The topological polar surface area (TPSA) is 98.7 Å². The summed E-state index contributed by atoms with van der Waals surface area (Å²) in [6.07, 6.45) is 10.4. The standard InChI is InChI=1S/C19H29N3O4/c1-5-6-7-8-9-10-16(23)21-14-11-15(18(25)26)22(13-14)17(24)12-20-19(2,3)4/h5-10,14-15,20H,11-13H2,1-4H3,(H,21,23)(H,25,26)/b6-5-,8-7-,10-9+/t14-,15+/m1/s1. The molecule has 0 aromatic rings. The van der Waals surface area contributed by atoms with Crippen molar-refractivity contribution in [1.29, 1.82) is 0 Å². The molecule has 0 aromatic carbocycles. The van der Waals surface area contributed by atoms with Crippen LogP contribution in [0.3, 0.4) is 0 Å². The molecule has 7 nitrogen and oxygen atoms in total. The fraction of sp³-hybridized carbons (Fsp3) is 0.526. The zero-order valence-corrected chi connectivity index (χ0v) is 15.9. The van der Waals surface area contributed by atoms with Gasteiger partial charge in [0.1, 0.15) is 6.04 Å². The molecule has 3 N–H and O–H groups in total. The maximum absolute atomic E-state index is 12.4. The van der Waals surface area contributed by atoms with Crippen molar-refractivity contribution in [3.63, 3.8) is 0 Å². The molecule has 0 aromatic heterocycles. The van der Waals surface area contributed by atoms with Gasteiger partial charge in [-0.2, -0.15) is 0 Å². The number of amides is 2. The summed E-state index contributed by atoms with van der Waals surface area (Å²) in [5.41, 5.74) is -0.243. The van der Waals surface area contributed by atoms with Crippen LogP contribution >= 0.6 is 0 Å². The molecule has 1 heterocycles. The monoisotopic (exact) mass is 363 g/mol. The first-order valence-corrected chi connectivity index (χ1v) is 8.68. The van der Waals surface area contributed by atoms with E-state index in [-0.39, 0.29) is 42.9 Å². The van der Waals surface area contributed by atoms with Crippen molar-refractivity contribution in [2.24, 2.45) is 0 Å². The van der Waals surface area contributed by atoms with E-state index in [9.17, 15) is 19.5 Å². The van der Waals surface area contributed by atoms with Crippen molar-refractivity contribution in [3.8, 4) is 0 Å². The first-order chi connectivity index (χ1) is 12.1. The Morgan fingerprint density at radius 3 is 2.38 bits per heavy atom. The number of nitrogens with one attached hydrogen (secondary N) is 2. The predicted octanol–water partition coefficient (Wildman–Crippen LogP) is 1.23. The van der Waals surface area contributed by atoms with Gasteiger partial charge in [-0.1, -0.05) is 30.4 Å². The second-order valence-corrected chi connectivity index (χ2v) is 7.21. The minimum atomic E-state index is -1.06. The van der Waals surface area contributed by atoms with Crippen molar-refractivity contribution in [2.75, 3.05) is 13.1 Å². The number of carbonyl (C=O) groups excluding carboxylic acids is 2. The van der Waals surface area contributed by atoms with Gasteiger partial charge >= 0.3 is 5.97 Å². The zero-order valence-electron chi connectivity index (χ0n) is 15.9. The zero-order chi connectivity index (χ0) is 19.7. The number of carbonyl (C=O) groups is 3. The van der Waals surface area contributed by atoms with Crippen LogP contribution in [0.4, 0.5) is 0 Å². The number of hydrogen-bond donors (Lipinski definition) is 3. The molecule has 2 amide bonds. The average molecular weight is 363 g/mol. The van der Waals surface area contributed by atoms with Gasteiger partial charge < -0.3 is 20.6 Å². The van der Waals surface area contributed by atoms with Crippen LogP contribution in [-0.2, 0) is 14.4 Å². The van der Waals surface area contributed by atoms with Crippen molar-refractivity contribution < 1.29 is 19.5 Å². The number of aliphatic carboxylic acids is 1. The van der Waals surface area contributed by atoms with Crippen LogP contribution < -0.4 is 10.6 Å². The van der Waals surface area contributed by atoms with E-state index in [1.54, 1.807) is 18.2 Å². The van der Waals surface area contributed by atoms with E-state index in [0.29, 0.717) is 0 Å².